The lowest BCUT2D eigenvalue weighted by Gasteiger charge is -2.05. The second-order valence-corrected chi connectivity index (χ2v) is 4.72. The number of amides is 2. The van der Waals surface area contributed by atoms with Crippen molar-refractivity contribution >= 4 is 29.5 Å². The van der Waals surface area contributed by atoms with Crippen LogP contribution in [0, 0.1) is 0 Å². The van der Waals surface area contributed by atoms with Crippen molar-refractivity contribution < 1.29 is 14.3 Å². The van der Waals surface area contributed by atoms with Gasteiger partial charge in [0.05, 0.1) is 13.7 Å². The molecule has 0 atom stereocenters. The lowest BCUT2D eigenvalue weighted by Crippen LogP contribution is -2.36. The van der Waals surface area contributed by atoms with Gasteiger partial charge in [0.1, 0.15) is 5.75 Å². The molecule has 0 fully saturated rings. The van der Waals surface area contributed by atoms with Gasteiger partial charge in [-0.05, 0) is 30.7 Å². The Kier molecular flexibility index (Phi) is 7.32. The van der Waals surface area contributed by atoms with E-state index in [0.717, 1.165) is 6.42 Å². The summed E-state index contributed by atoms with van der Waals surface area (Å²) in [4.78, 5) is 23.0. The fraction of sp³-hybridized carbons (Fsp3) is 0.333. The predicted octanol–water partition coefficient (Wildman–Crippen LogP) is 2.00. The van der Waals surface area contributed by atoms with Crippen LogP contribution >= 0.6 is 11.6 Å². The molecule has 0 aromatic heterocycles. The quantitative estimate of drug-likeness (QED) is 0.757. The fourth-order valence-corrected chi connectivity index (χ4v) is 1.73. The molecule has 0 bridgehead atoms. The van der Waals surface area contributed by atoms with E-state index in [-0.39, 0.29) is 18.4 Å². The van der Waals surface area contributed by atoms with E-state index in [4.69, 9.17) is 16.3 Å². The van der Waals surface area contributed by atoms with Crippen LogP contribution in [0.5, 0.6) is 5.75 Å². The van der Waals surface area contributed by atoms with Crippen molar-refractivity contribution in [2.45, 2.75) is 13.3 Å². The van der Waals surface area contributed by atoms with Crippen molar-refractivity contribution in [3.8, 4) is 5.75 Å². The summed E-state index contributed by atoms with van der Waals surface area (Å²) in [6.07, 6.45) is 3.78. The van der Waals surface area contributed by atoms with Crippen molar-refractivity contribution in [3.05, 3.63) is 34.9 Å². The minimum absolute atomic E-state index is 0.0458. The zero-order valence-corrected chi connectivity index (χ0v) is 12.9. The molecule has 0 unspecified atom stereocenters. The highest BCUT2D eigenvalue weighted by atomic mass is 35.5. The summed E-state index contributed by atoms with van der Waals surface area (Å²) >= 11 is 5.90. The summed E-state index contributed by atoms with van der Waals surface area (Å²) in [6.45, 7) is 2.51. The number of halogens is 1. The Morgan fingerprint density at radius 3 is 2.76 bits per heavy atom. The van der Waals surface area contributed by atoms with Crippen LogP contribution in [0.1, 0.15) is 18.9 Å². The number of ether oxygens (including phenoxy) is 1. The van der Waals surface area contributed by atoms with Crippen LogP contribution in [0.2, 0.25) is 5.02 Å². The molecule has 6 heteroatoms. The van der Waals surface area contributed by atoms with Crippen molar-refractivity contribution in [3.63, 3.8) is 0 Å². The van der Waals surface area contributed by atoms with Crippen molar-refractivity contribution in [1.82, 2.24) is 10.6 Å². The zero-order valence-electron chi connectivity index (χ0n) is 12.1. The van der Waals surface area contributed by atoms with Crippen LogP contribution in [-0.2, 0) is 9.59 Å². The first-order chi connectivity index (χ1) is 10.1. The first kappa shape index (κ1) is 17.0. The topological polar surface area (TPSA) is 67.4 Å². The van der Waals surface area contributed by atoms with E-state index < -0.39 is 0 Å². The molecular formula is C15H19ClN2O3. The van der Waals surface area contributed by atoms with Crippen LogP contribution < -0.4 is 15.4 Å². The van der Waals surface area contributed by atoms with Crippen LogP contribution in [0.4, 0.5) is 0 Å². The number of methoxy groups -OCH3 is 1. The van der Waals surface area contributed by atoms with Gasteiger partial charge in [0.25, 0.3) is 0 Å². The number of carbonyl (C=O) groups is 2. The Balaban J connectivity index is 2.54. The van der Waals surface area contributed by atoms with Gasteiger partial charge in [-0.2, -0.15) is 0 Å². The minimum Gasteiger partial charge on any atom is -0.496 e. The summed E-state index contributed by atoms with van der Waals surface area (Å²) in [5, 5.41) is 5.72. The summed E-state index contributed by atoms with van der Waals surface area (Å²) in [5.74, 6) is 0.0479. The second kappa shape index (κ2) is 9.02. The van der Waals surface area contributed by atoms with Crippen LogP contribution in [0.3, 0.4) is 0 Å². The average Bonchev–Trinajstić information content (AvgIpc) is 2.48. The number of benzene rings is 1. The maximum Gasteiger partial charge on any atom is 0.244 e. The van der Waals surface area contributed by atoms with Crippen LogP contribution in [0.15, 0.2) is 24.3 Å². The number of hydrogen-bond acceptors (Lipinski definition) is 3. The number of carbonyl (C=O) groups excluding carboxylic acids is 2. The number of nitrogens with one attached hydrogen (secondary N) is 2. The smallest absolute Gasteiger partial charge is 0.244 e. The van der Waals surface area contributed by atoms with Gasteiger partial charge in [0.2, 0.25) is 11.8 Å². The van der Waals surface area contributed by atoms with Gasteiger partial charge in [-0.15, -0.1) is 0 Å². The van der Waals surface area contributed by atoms with Crippen LogP contribution in [0.25, 0.3) is 6.08 Å². The van der Waals surface area contributed by atoms with Gasteiger partial charge in [-0.3, -0.25) is 9.59 Å². The Bertz CT molecular complexity index is 530. The molecule has 1 rings (SSSR count). The molecule has 2 amide bonds. The third-order valence-electron chi connectivity index (χ3n) is 2.60. The molecular weight excluding hydrogens is 292 g/mol. The highest BCUT2D eigenvalue weighted by Crippen LogP contribution is 2.23. The fourth-order valence-electron chi connectivity index (χ4n) is 1.55. The number of rotatable bonds is 7. The van der Waals surface area contributed by atoms with Crippen molar-refractivity contribution in [1.29, 1.82) is 0 Å². The first-order valence-electron chi connectivity index (χ1n) is 6.63. The molecule has 0 aliphatic heterocycles. The molecule has 0 aliphatic carbocycles. The highest BCUT2D eigenvalue weighted by Gasteiger charge is 2.04. The van der Waals surface area contributed by atoms with Gasteiger partial charge in [0, 0.05) is 23.2 Å². The zero-order chi connectivity index (χ0) is 15.7. The molecule has 114 valence electrons. The van der Waals surface area contributed by atoms with Gasteiger partial charge >= 0.3 is 0 Å². The average molecular weight is 311 g/mol. The van der Waals surface area contributed by atoms with E-state index in [1.807, 2.05) is 6.92 Å². The van der Waals surface area contributed by atoms with Crippen molar-refractivity contribution in [2.24, 2.45) is 0 Å². The maximum absolute atomic E-state index is 11.6. The van der Waals surface area contributed by atoms with E-state index >= 15 is 0 Å². The van der Waals surface area contributed by atoms with E-state index in [2.05, 4.69) is 10.6 Å². The molecule has 1 aromatic rings. The SMILES string of the molecule is CCCNC(=O)CNC(=O)C=Cc1cc(Cl)ccc1OC. The summed E-state index contributed by atoms with van der Waals surface area (Å²) in [7, 11) is 1.54. The molecule has 0 aliphatic rings. The third-order valence-corrected chi connectivity index (χ3v) is 2.84. The van der Waals surface area contributed by atoms with Gasteiger partial charge in [-0.1, -0.05) is 18.5 Å². The van der Waals surface area contributed by atoms with E-state index in [9.17, 15) is 9.59 Å². The molecule has 21 heavy (non-hydrogen) atoms. The molecule has 0 spiro atoms. The normalized spacial score (nSPS) is 10.4. The van der Waals surface area contributed by atoms with E-state index in [1.54, 1.807) is 31.4 Å². The minimum atomic E-state index is -0.358. The molecule has 5 nitrogen and oxygen atoms in total. The Morgan fingerprint density at radius 2 is 2.10 bits per heavy atom. The molecule has 2 N–H and O–H groups in total. The Hall–Kier alpha value is -2.01. The number of hydrogen-bond donors (Lipinski definition) is 2. The lowest BCUT2D eigenvalue weighted by atomic mass is 10.2. The van der Waals surface area contributed by atoms with Gasteiger partial charge in [-0.25, -0.2) is 0 Å². The monoisotopic (exact) mass is 310 g/mol. The Morgan fingerprint density at radius 1 is 1.33 bits per heavy atom. The summed E-state index contributed by atoms with van der Waals surface area (Å²) in [5.41, 5.74) is 0.690. The lowest BCUT2D eigenvalue weighted by molar-refractivity contribution is -0.123. The molecule has 0 heterocycles. The molecule has 0 saturated heterocycles. The summed E-state index contributed by atoms with van der Waals surface area (Å²) in [6, 6.07) is 5.12. The largest absolute Gasteiger partial charge is 0.496 e. The van der Waals surface area contributed by atoms with Crippen molar-refractivity contribution in [2.75, 3.05) is 20.2 Å². The third kappa shape index (κ3) is 6.31. The maximum atomic E-state index is 11.6. The van der Waals surface area contributed by atoms with E-state index in [1.165, 1.54) is 6.08 Å². The van der Waals surface area contributed by atoms with E-state index in [0.29, 0.717) is 22.9 Å². The molecule has 1 aromatic carbocycles. The second-order valence-electron chi connectivity index (χ2n) is 4.29. The van der Waals surface area contributed by atoms with Gasteiger partial charge in [0.15, 0.2) is 0 Å². The highest BCUT2D eigenvalue weighted by molar-refractivity contribution is 6.30. The molecule has 0 radical (unpaired) electrons. The predicted molar refractivity (Wildman–Crippen MR) is 83.3 cm³/mol. The summed E-state index contributed by atoms with van der Waals surface area (Å²) < 4.78 is 5.17. The molecule has 0 saturated carbocycles. The Labute approximate surface area is 129 Å². The standard InChI is InChI=1S/C15H19ClN2O3/c1-3-8-17-15(20)10-18-14(19)7-4-11-9-12(16)5-6-13(11)21-2/h4-7,9H,3,8,10H2,1-2H3,(H,17,20)(H,18,19). The van der Waals surface area contributed by atoms with Crippen LogP contribution in [-0.4, -0.2) is 32.0 Å². The van der Waals surface area contributed by atoms with Gasteiger partial charge < -0.3 is 15.4 Å². The first-order valence-corrected chi connectivity index (χ1v) is 7.00.